The van der Waals surface area contributed by atoms with Crippen LogP contribution in [0.4, 0.5) is 0 Å². The lowest BCUT2D eigenvalue weighted by molar-refractivity contribution is -0.138. The molecule has 1 aliphatic heterocycles. The van der Waals surface area contributed by atoms with Crippen molar-refractivity contribution >= 4 is 16.7 Å². The number of aromatic nitrogens is 2. The summed E-state index contributed by atoms with van der Waals surface area (Å²) in [6.07, 6.45) is -1.29. The second kappa shape index (κ2) is 7.53. The van der Waals surface area contributed by atoms with Crippen LogP contribution in [0.15, 0.2) is 59.4 Å². The Bertz CT molecular complexity index is 1050. The second-order valence-electron chi connectivity index (χ2n) is 7.07. The lowest BCUT2D eigenvalue weighted by Gasteiger charge is -2.33. The zero-order valence-electron chi connectivity index (χ0n) is 15.2. The number of hydrogen-bond acceptors (Lipinski definition) is 5. The smallest absolute Gasteiger partial charge is 0.275 e. The number of likely N-dealkylation sites (tertiary alicyclic amines) is 1. The fourth-order valence-electron chi connectivity index (χ4n) is 3.63. The fraction of sp³-hybridized carbons (Fsp3) is 0.286. The summed E-state index contributed by atoms with van der Waals surface area (Å²) in [4.78, 5) is 27.0. The first-order chi connectivity index (χ1) is 13.5. The number of carbonyl (C=O) groups is 1. The molecular weight excluding hydrogens is 358 g/mol. The van der Waals surface area contributed by atoms with Gasteiger partial charge in [0.2, 0.25) is 5.91 Å². The number of carbonyl (C=O) groups excluding carboxylic acids is 1. The number of hydrogen-bond donors (Lipinski definition) is 2. The quantitative estimate of drug-likeness (QED) is 0.708. The minimum Gasteiger partial charge on any atom is -0.391 e. The summed E-state index contributed by atoms with van der Waals surface area (Å²) >= 11 is 0. The molecule has 7 heteroatoms. The minimum absolute atomic E-state index is 0.143. The second-order valence-corrected chi connectivity index (χ2v) is 7.07. The number of aliphatic hydroxyl groups is 2. The van der Waals surface area contributed by atoms with Crippen LogP contribution in [-0.2, 0) is 11.3 Å². The van der Waals surface area contributed by atoms with Crippen LogP contribution in [0.3, 0.4) is 0 Å². The summed E-state index contributed by atoms with van der Waals surface area (Å²) in [5.41, 5.74) is 1.13. The molecule has 4 rings (SSSR count). The molecule has 144 valence electrons. The summed E-state index contributed by atoms with van der Waals surface area (Å²) in [7, 11) is 0. The molecule has 1 amide bonds. The van der Waals surface area contributed by atoms with E-state index in [-0.39, 0.29) is 37.5 Å². The van der Waals surface area contributed by atoms with Gasteiger partial charge >= 0.3 is 0 Å². The van der Waals surface area contributed by atoms with Gasteiger partial charge in [-0.05, 0) is 6.07 Å². The van der Waals surface area contributed by atoms with Crippen molar-refractivity contribution in [2.75, 3.05) is 13.1 Å². The molecule has 0 saturated carbocycles. The van der Waals surface area contributed by atoms with Gasteiger partial charge in [0.1, 0.15) is 6.54 Å². The summed E-state index contributed by atoms with van der Waals surface area (Å²) in [5, 5.41) is 25.3. The summed E-state index contributed by atoms with van der Waals surface area (Å²) in [6.45, 7) is 0.0382. The number of benzene rings is 2. The third-order valence-corrected chi connectivity index (χ3v) is 4.96. The summed E-state index contributed by atoms with van der Waals surface area (Å²) in [5.74, 6) is -0.360. The first kappa shape index (κ1) is 18.3. The molecule has 1 aliphatic rings. The molecule has 2 N–H and O–H groups in total. The number of rotatable bonds is 3. The molecule has 0 bridgehead atoms. The highest BCUT2D eigenvalue weighted by Crippen LogP contribution is 2.24. The Morgan fingerprint density at radius 1 is 0.964 bits per heavy atom. The standard InChI is InChI=1S/C21H21N3O4/c25-15-10-16(26)12-23(11-15)19(27)13-24-21(28)18-9-5-4-8-17(18)20(22-24)14-6-2-1-3-7-14/h1-9,15-16,25-26H,10-13H2/t15-,16-/m1/s1. The van der Waals surface area contributed by atoms with Gasteiger partial charge in [-0.3, -0.25) is 9.59 Å². The van der Waals surface area contributed by atoms with Crippen LogP contribution in [0, 0.1) is 0 Å². The average molecular weight is 379 g/mol. The van der Waals surface area contributed by atoms with Crippen molar-refractivity contribution in [1.29, 1.82) is 0 Å². The Kier molecular flexibility index (Phi) is 4.93. The van der Waals surface area contributed by atoms with E-state index in [2.05, 4.69) is 5.10 Å². The van der Waals surface area contributed by atoms with E-state index in [0.29, 0.717) is 11.1 Å². The zero-order chi connectivity index (χ0) is 19.7. The SMILES string of the molecule is O=C(Cn1nc(-c2ccccc2)c2ccccc2c1=O)N1C[C@H](O)C[C@@H](O)C1. The van der Waals surface area contributed by atoms with Crippen LogP contribution in [0.1, 0.15) is 6.42 Å². The van der Waals surface area contributed by atoms with Gasteiger partial charge in [0.25, 0.3) is 5.56 Å². The number of β-amino-alcohol motifs (C(OH)–C–C–N with tert-alkyl or cyclic N) is 2. The normalized spacial score (nSPS) is 19.7. The number of piperidine rings is 1. The van der Waals surface area contributed by atoms with Crippen LogP contribution in [0.5, 0.6) is 0 Å². The van der Waals surface area contributed by atoms with Crippen LogP contribution in [0.2, 0.25) is 0 Å². The summed E-state index contributed by atoms with van der Waals surface area (Å²) < 4.78 is 1.17. The minimum atomic E-state index is -0.770. The third-order valence-electron chi connectivity index (χ3n) is 4.96. The van der Waals surface area contributed by atoms with Crippen molar-refractivity contribution < 1.29 is 15.0 Å². The number of fused-ring (bicyclic) bond motifs is 1. The number of aliphatic hydroxyl groups excluding tert-OH is 2. The molecule has 2 heterocycles. The highest BCUT2D eigenvalue weighted by Gasteiger charge is 2.28. The number of nitrogens with zero attached hydrogens (tertiary/aromatic N) is 3. The molecule has 2 atom stereocenters. The van der Waals surface area contributed by atoms with Crippen molar-refractivity contribution in [1.82, 2.24) is 14.7 Å². The van der Waals surface area contributed by atoms with E-state index in [4.69, 9.17) is 0 Å². The summed E-state index contributed by atoms with van der Waals surface area (Å²) in [6, 6.07) is 16.7. The van der Waals surface area contributed by atoms with Crippen LogP contribution in [-0.4, -0.2) is 56.1 Å². The van der Waals surface area contributed by atoms with Crippen LogP contribution < -0.4 is 5.56 Å². The molecule has 0 aliphatic carbocycles. The lowest BCUT2D eigenvalue weighted by atomic mass is 10.0. The van der Waals surface area contributed by atoms with E-state index < -0.39 is 12.2 Å². The van der Waals surface area contributed by atoms with E-state index in [0.717, 1.165) is 10.9 Å². The molecule has 2 aromatic carbocycles. The predicted molar refractivity (Wildman–Crippen MR) is 105 cm³/mol. The highest BCUT2D eigenvalue weighted by atomic mass is 16.3. The van der Waals surface area contributed by atoms with E-state index in [9.17, 15) is 19.8 Å². The van der Waals surface area contributed by atoms with E-state index in [1.165, 1.54) is 9.58 Å². The maximum atomic E-state index is 12.9. The molecule has 1 saturated heterocycles. The maximum absolute atomic E-state index is 12.9. The Hall–Kier alpha value is -3.03. The molecule has 7 nitrogen and oxygen atoms in total. The topological polar surface area (TPSA) is 95.7 Å². The Morgan fingerprint density at radius 3 is 2.25 bits per heavy atom. The van der Waals surface area contributed by atoms with Gasteiger partial charge in [0, 0.05) is 30.5 Å². The molecule has 0 radical (unpaired) electrons. The number of amides is 1. The Balaban J connectivity index is 1.74. The first-order valence-corrected chi connectivity index (χ1v) is 9.22. The lowest BCUT2D eigenvalue weighted by Crippen LogP contribution is -2.50. The van der Waals surface area contributed by atoms with E-state index in [1.54, 1.807) is 12.1 Å². The van der Waals surface area contributed by atoms with Crippen LogP contribution >= 0.6 is 0 Å². The monoisotopic (exact) mass is 379 g/mol. The van der Waals surface area contributed by atoms with Crippen molar-refractivity contribution in [3.8, 4) is 11.3 Å². The van der Waals surface area contributed by atoms with Gasteiger partial charge in [-0.2, -0.15) is 5.10 Å². The van der Waals surface area contributed by atoms with Gasteiger partial charge in [0.15, 0.2) is 0 Å². The highest BCUT2D eigenvalue weighted by molar-refractivity contribution is 5.93. The Labute approximate surface area is 161 Å². The van der Waals surface area contributed by atoms with Gasteiger partial charge in [-0.25, -0.2) is 4.68 Å². The predicted octanol–water partition coefficient (Wildman–Crippen LogP) is 1.02. The van der Waals surface area contributed by atoms with E-state index >= 15 is 0 Å². The first-order valence-electron chi connectivity index (χ1n) is 9.22. The average Bonchev–Trinajstić information content (AvgIpc) is 2.70. The zero-order valence-corrected chi connectivity index (χ0v) is 15.2. The maximum Gasteiger partial charge on any atom is 0.275 e. The van der Waals surface area contributed by atoms with Gasteiger partial charge < -0.3 is 15.1 Å². The largest absolute Gasteiger partial charge is 0.391 e. The van der Waals surface area contributed by atoms with Crippen molar-refractivity contribution in [2.24, 2.45) is 0 Å². The molecule has 1 fully saturated rings. The van der Waals surface area contributed by atoms with Gasteiger partial charge in [-0.15, -0.1) is 0 Å². The van der Waals surface area contributed by atoms with Crippen molar-refractivity contribution in [3.05, 3.63) is 65.0 Å². The molecule has 0 unspecified atom stereocenters. The van der Waals surface area contributed by atoms with Gasteiger partial charge in [-0.1, -0.05) is 48.5 Å². The molecule has 0 spiro atoms. The van der Waals surface area contributed by atoms with Crippen molar-refractivity contribution in [2.45, 2.75) is 25.2 Å². The fourth-order valence-corrected chi connectivity index (χ4v) is 3.63. The molecular formula is C21H21N3O4. The van der Waals surface area contributed by atoms with Crippen LogP contribution in [0.25, 0.3) is 22.0 Å². The van der Waals surface area contributed by atoms with Crippen molar-refractivity contribution in [3.63, 3.8) is 0 Å². The molecule has 28 heavy (non-hydrogen) atoms. The Morgan fingerprint density at radius 2 is 1.57 bits per heavy atom. The molecule has 1 aromatic heterocycles. The third kappa shape index (κ3) is 3.54. The van der Waals surface area contributed by atoms with E-state index in [1.807, 2.05) is 42.5 Å². The molecule has 3 aromatic rings. The van der Waals surface area contributed by atoms with Gasteiger partial charge in [0.05, 0.1) is 23.3 Å².